The SMILES string of the molecule is CCCN(C(=O)C(C)(C)c1ccc2[nH]c(-c3cc(C)cc(C)c3)c([C@H](C)CN/C(=N\C(=O)OC(C)C)N3CCC(c4ccncc4)C3)c2c1)C(CC)CC. The predicted molar refractivity (Wildman–Crippen MR) is 221 cm³/mol. The smallest absolute Gasteiger partial charge is 0.437 e. The molecule has 3 heterocycles. The van der Waals surface area contributed by atoms with Crippen LogP contribution >= 0.6 is 0 Å². The Labute approximate surface area is 323 Å². The van der Waals surface area contributed by atoms with E-state index in [1.807, 2.05) is 26.2 Å². The molecule has 0 saturated carbocycles. The standard InChI is InChI=1S/C45H62N6O3/c1-11-21-51(37(12-2)13-3)42(52)45(9,10)36-14-15-39-38(26-36)40(41(48-39)35-24-30(6)23-31(7)25-35)32(8)27-47-43(49-44(53)54-29(4)5)50-22-18-34(28-50)33-16-19-46-20-17-33/h14-17,19-20,23-26,29,32,34,37,48H,11-13,18,21-22,27-28H2,1-10H3,(H,47,49,53)/t32-,34?/m1/s1. The largest absolute Gasteiger partial charge is 0.445 e. The quantitative estimate of drug-likeness (QED) is 0.105. The molecular formula is C45H62N6O3. The maximum Gasteiger partial charge on any atom is 0.437 e. The second-order valence-electron chi connectivity index (χ2n) is 16.0. The number of nitrogens with zero attached hydrogens (tertiary/aromatic N) is 4. The van der Waals surface area contributed by atoms with Crippen LogP contribution in [0.1, 0.15) is 121 Å². The lowest BCUT2D eigenvalue weighted by Crippen LogP contribution is -2.48. The highest BCUT2D eigenvalue weighted by Crippen LogP contribution is 2.39. The molecule has 2 aromatic heterocycles. The molecule has 2 aromatic carbocycles. The molecule has 0 spiro atoms. The fourth-order valence-corrected chi connectivity index (χ4v) is 8.11. The minimum absolute atomic E-state index is 0.00491. The molecule has 290 valence electrons. The van der Waals surface area contributed by atoms with Crippen LogP contribution in [-0.2, 0) is 14.9 Å². The lowest BCUT2D eigenvalue weighted by molar-refractivity contribution is -0.139. The summed E-state index contributed by atoms with van der Waals surface area (Å²) < 4.78 is 5.48. The first-order valence-electron chi connectivity index (χ1n) is 20.0. The van der Waals surface area contributed by atoms with Crippen molar-refractivity contribution in [2.75, 3.05) is 26.2 Å². The van der Waals surface area contributed by atoms with Crippen molar-refractivity contribution in [1.82, 2.24) is 25.1 Å². The molecule has 2 atom stereocenters. The molecule has 2 N–H and O–H groups in total. The van der Waals surface area contributed by atoms with Crippen LogP contribution in [0.3, 0.4) is 0 Å². The molecular weight excluding hydrogens is 673 g/mol. The van der Waals surface area contributed by atoms with E-state index >= 15 is 0 Å². The summed E-state index contributed by atoms with van der Waals surface area (Å²) in [4.78, 5) is 44.1. The van der Waals surface area contributed by atoms with Gasteiger partial charge in [-0.2, -0.15) is 0 Å². The van der Waals surface area contributed by atoms with Gasteiger partial charge in [0.25, 0.3) is 0 Å². The third kappa shape index (κ3) is 9.16. The number of hydrogen-bond acceptors (Lipinski definition) is 4. The van der Waals surface area contributed by atoms with Crippen LogP contribution in [0.4, 0.5) is 4.79 Å². The van der Waals surface area contributed by atoms with E-state index in [-0.39, 0.29) is 24.0 Å². The maximum absolute atomic E-state index is 14.4. The van der Waals surface area contributed by atoms with E-state index < -0.39 is 11.5 Å². The van der Waals surface area contributed by atoms with Crippen molar-refractivity contribution in [2.24, 2.45) is 4.99 Å². The number of carbonyl (C=O) groups is 2. The third-order valence-corrected chi connectivity index (χ3v) is 11.0. The second-order valence-corrected chi connectivity index (χ2v) is 16.0. The van der Waals surface area contributed by atoms with Crippen LogP contribution in [0, 0.1) is 13.8 Å². The number of nitrogens with one attached hydrogen (secondary N) is 2. The Hall–Kier alpha value is -4.66. The molecule has 54 heavy (non-hydrogen) atoms. The number of amides is 2. The number of aliphatic imine (C=N–C) groups is 1. The van der Waals surface area contributed by atoms with Crippen molar-refractivity contribution in [3.63, 3.8) is 0 Å². The van der Waals surface area contributed by atoms with E-state index in [0.29, 0.717) is 18.4 Å². The number of rotatable bonds is 13. The normalized spacial score (nSPS) is 15.7. The number of aryl methyl sites for hydroxylation is 2. The molecule has 4 aromatic rings. The lowest BCUT2D eigenvalue weighted by atomic mass is 9.81. The fourth-order valence-electron chi connectivity index (χ4n) is 8.11. The summed E-state index contributed by atoms with van der Waals surface area (Å²) in [5.74, 6) is 1.01. The Morgan fingerprint density at radius 1 is 1.02 bits per heavy atom. The summed E-state index contributed by atoms with van der Waals surface area (Å²) in [6.45, 7) is 23.5. The Kier molecular flexibility index (Phi) is 13.2. The van der Waals surface area contributed by atoms with Crippen LogP contribution in [0.25, 0.3) is 22.2 Å². The molecule has 1 saturated heterocycles. The second kappa shape index (κ2) is 17.7. The van der Waals surface area contributed by atoms with Gasteiger partial charge in [-0.05, 0) is 126 Å². The lowest BCUT2D eigenvalue weighted by Gasteiger charge is -2.37. The van der Waals surface area contributed by atoms with Gasteiger partial charge < -0.3 is 24.8 Å². The average molecular weight is 735 g/mol. The number of fused-ring (bicyclic) bond motifs is 1. The monoisotopic (exact) mass is 734 g/mol. The molecule has 1 aliphatic rings. The topological polar surface area (TPSA) is 103 Å². The molecule has 1 unspecified atom stereocenters. The first-order chi connectivity index (χ1) is 25.8. The van der Waals surface area contributed by atoms with Gasteiger partial charge in [0.2, 0.25) is 11.9 Å². The van der Waals surface area contributed by atoms with E-state index in [0.717, 1.165) is 78.6 Å². The summed E-state index contributed by atoms with van der Waals surface area (Å²) in [5, 5.41) is 4.69. The summed E-state index contributed by atoms with van der Waals surface area (Å²) in [5.41, 5.74) is 8.28. The van der Waals surface area contributed by atoms with Crippen LogP contribution in [0.2, 0.25) is 0 Å². The number of carbonyl (C=O) groups excluding carboxylic acids is 2. The predicted octanol–water partition coefficient (Wildman–Crippen LogP) is 9.64. The fraction of sp³-hybridized carbons (Fsp3) is 0.511. The van der Waals surface area contributed by atoms with Crippen molar-refractivity contribution in [3.05, 3.63) is 88.7 Å². The van der Waals surface area contributed by atoms with E-state index in [1.165, 1.54) is 16.7 Å². The van der Waals surface area contributed by atoms with Crippen molar-refractivity contribution < 1.29 is 14.3 Å². The van der Waals surface area contributed by atoms with Gasteiger partial charge in [0.1, 0.15) is 0 Å². The Morgan fingerprint density at radius 2 is 1.70 bits per heavy atom. The van der Waals surface area contributed by atoms with Gasteiger partial charge >= 0.3 is 6.09 Å². The zero-order valence-corrected chi connectivity index (χ0v) is 34.3. The summed E-state index contributed by atoms with van der Waals surface area (Å²) >= 11 is 0. The first-order valence-corrected chi connectivity index (χ1v) is 20.0. The van der Waals surface area contributed by atoms with E-state index in [2.05, 4.69) is 134 Å². The van der Waals surface area contributed by atoms with Crippen LogP contribution < -0.4 is 5.32 Å². The molecule has 0 aliphatic carbocycles. The van der Waals surface area contributed by atoms with Gasteiger partial charge in [0, 0.05) is 67.4 Å². The highest BCUT2D eigenvalue weighted by atomic mass is 16.6. The summed E-state index contributed by atoms with van der Waals surface area (Å²) in [6, 6.07) is 17.5. The minimum Gasteiger partial charge on any atom is -0.445 e. The number of aromatic nitrogens is 2. The average Bonchev–Trinajstić information content (AvgIpc) is 3.78. The molecule has 2 amide bonds. The van der Waals surface area contributed by atoms with Gasteiger partial charge in [-0.1, -0.05) is 51.0 Å². The Bertz CT molecular complexity index is 1910. The number of hydrogen-bond donors (Lipinski definition) is 2. The van der Waals surface area contributed by atoms with Crippen molar-refractivity contribution >= 4 is 28.9 Å². The third-order valence-electron chi connectivity index (χ3n) is 11.0. The summed E-state index contributed by atoms with van der Waals surface area (Å²) in [6.07, 6.45) is 6.53. The van der Waals surface area contributed by atoms with E-state index in [4.69, 9.17) is 4.74 Å². The molecule has 1 fully saturated rings. The number of H-pyrrole nitrogens is 1. The minimum atomic E-state index is -0.722. The number of benzene rings is 2. The zero-order chi connectivity index (χ0) is 39.2. The molecule has 0 radical (unpaired) electrons. The number of likely N-dealkylation sites (tertiary alicyclic amines) is 1. The van der Waals surface area contributed by atoms with Gasteiger partial charge in [0.15, 0.2) is 0 Å². The molecule has 5 rings (SSSR count). The van der Waals surface area contributed by atoms with Crippen LogP contribution in [-0.4, -0.2) is 76.1 Å². The van der Waals surface area contributed by atoms with E-state index in [1.54, 1.807) is 0 Å². The van der Waals surface area contributed by atoms with E-state index in [9.17, 15) is 9.59 Å². The van der Waals surface area contributed by atoms with Crippen LogP contribution in [0.15, 0.2) is 65.9 Å². The van der Waals surface area contributed by atoms with Crippen molar-refractivity contribution in [1.29, 1.82) is 0 Å². The maximum atomic E-state index is 14.4. The van der Waals surface area contributed by atoms with Gasteiger partial charge in [-0.15, -0.1) is 4.99 Å². The number of aromatic amines is 1. The van der Waals surface area contributed by atoms with Gasteiger partial charge in [-0.3, -0.25) is 9.78 Å². The molecule has 9 heteroatoms. The zero-order valence-electron chi connectivity index (χ0n) is 34.3. The number of guanidine groups is 1. The van der Waals surface area contributed by atoms with Gasteiger partial charge in [-0.25, -0.2) is 4.79 Å². The first kappa shape index (κ1) is 40.5. The number of pyridine rings is 1. The Morgan fingerprint density at radius 3 is 2.33 bits per heavy atom. The molecule has 9 nitrogen and oxygen atoms in total. The van der Waals surface area contributed by atoms with Crippen molar-refractivity contribution in [3.8, 4) is 11.3 Å². The highest BCUT2D eigenvalue weighted by molar-refractivity contribution is 5.95. The van der Waals surface area contributed by atoms with Crippen LogP contribution in [0.5, 0.6) is 0 Å². The van der Waals surface area contributed by atoms with Gasteiger partial charge in [0.05, 0.1) is 17.2 Å². The van der Waals surface area contributed by atoms with Crippen molar-refractivity contribution in [2.45, 2.75) is 124 Å². The number of ether oxygens (including phenoxy) is 1. The molecule has 0 bridgehead atoms. The highest BCUT2D eigenvalue weighted by Gasteiger charge is 2.36. The molecule has 1 aliphatic heterocycles. The summed E-state index contributed by atoms with van der Waals surface area (Å²) in [7, 11) is 0. The Balaban J connectivity index is 1.54.